The first-order valence-electron chi connectivity index (χ1n) is 10.1. The molecular formula is C23H27N3OS. The van der Waals surface area contributed by atoms with Gasteiger partial charge in [-0.1, -0.05) is 42.5 Å². The van der Waals surface area contributed by atoms with Crippen LogP contribution >= 0.6 is 11.3 Å². The largest absolute Gasteiger partial charge is 0.348 e. The van der Waals surface area contributed by atoms with Crippen LogP contribution in [0.2, 0.25) is 0 Å². The van der Waals surface area contributed by atoms with Crippen LogP contribution in [-0.4, -0.2) is 34.9 Å². The van der Waals surface area contributed by atoms with Crippen molar-refractivity contribution in [2.45, 2.75) is 44.7 Å². The Morgan fingerprint density at radius 1 is 1.07 bits per heavy atom. The SMILES string of the molecule is C[C@H](C(=O)N[C@H](C)c1ccccc1)N1CCC(c2nc3ccccc3s2)CC1. The summed E-state index contributed by atoms with van der Waals surface area (Å²) in [4.78, 5) is 19.9. The van der Waals surface area contributed by atoms with Gasteiger partial charge >= 0.3 is 0 Å². The van der Waals surface area contributed by atoms with Crippen molar-refractivity contribution < 1.29 is 4.79 Å². The molecule has 1 N–H and O–H groups in total. The Hall–Kier alpha value is -2.24. The van der Waals surface area contributed by atoms with Gasteiger partial charge in [0.2, 0.25) is 5.91 Å². The van der Waals surface area contributed by atoms with Crippen molar-refractivity contribution >= 4 is 27.5 Å². The van der Waals surface area contributed by atoms with E-state index in [1.807, 2.05) is 49.4 Å². The number of piperidine rings is 1. The Morgan fingerprint density at radius 3 is 2.46 bits per heavy atom. The van der Waals surface area contributed by atoms with E-state index in [1.165, 1.54) is 9.71 Å². The number of fused-ring (bicyclic) bond motifs is 1. The molecule has 0 spiro atoms. The highest BCUT2D eigenvalue weighted by atomic mass is 32.1. The molecule has 28 heavy (non-hydrogen) atoms. The topological polar surface area (TPSA) is 45.2 Å². The molecule has 1 amide bonds. The zero-order valence-electron chi connectivity index (χ0n) is 16.5. The lowest BCUT2D eigenvalue weighted by molar-refractivity contribution is -0.127. The van der Waals surface area contributed by atoms with Gasteiger partial charge in [0.15, 0.2) is 0 Å². The summed E-state index contributed by atoms with van der Waals surface area (Å²) in [5, 5.41) is 4.41. The van der Waals surface area contributed by atoms with Crippen molar-refractivity contribution in [3.63, 3.8) is 0 Å². The van der Waals surface area contributed by atoms with E-state index in [-0.39, 0.29) is 18.0 Å². The molecule has 3 aromatic rings. The van der Waals surface area contributed by atoms with E-state index in [1.54, 1.807) is 0 Å². The molecule has 0 saturated carbocycles. The fourth-order valence-corrected chi connectivity index (χ4v) is 5.06. The third kappa shape index (κ3) is 4.10. The molecule has 1 aliphatic rings. The molecule has 0 aliphatic carbocycles. The van der Waals surface area contributed by atoms with Crippen molar-refractivity contribution in [2.75, 3.05) is 13.1 Å². The fraction of sp³-hybridized carbons (Fsp3) is 0.391. The Balaban J connectivity index is 1.33. The van der Waals surface area contributed by atoms with Crippen molar-refractivity contribution in [1.29, 1.82) is 0 Å². The van der Waals surface area contributed by atoms with E-state index in [9.17, 15) is 4.79 Å². The molecule has 4 nitrogen and oxygen atoms in total. The number of para-hydroxylation sites is 1. The molecule has 1 aromatic heterocycles. The number of nitrogens with zero attached hydrogens (tertiary/aromatic N) is 2. The van der Waals surface area contributed by atoms with Crippen molar-refractivity contribution in [3.8, 4) is 0 Å². The molecule has 2 aromatic carbocycles. The highest BCUT2D eigenvalue weighted by molar-refractivity contribution is 7.18. The Kier molecular flexibility index (Phi) is 5.74. The van der Waals surface area contributed by atoms with Crippen LogP contribution < -0.4 is 5.32 Å². The van der Waals surface area contributed by atoms with Crippen LogP contribution in [0.5, 0.6) is 0 Å². The van der Waals surface area contributed by atoms with Gasteiger partial charge in [0.1, 0.15) is 0 Å². The van der Waals surface area contributed by atoms with Crippen molar-refractivity contribution in [2.24, 2.45) is 0 Å². The van der Waals surface area contributed by atoms with E-state index in [2.05, 4.69) is 40.5 Å². The first kappa shape index (κ1) is 19.1. The number of carbonyl (C=O) groups excluding carboxylic acids is 1. The summed E-state index contributed by atoms with van der Waals surface area (Å²) in [5.41, 5.74) is 2.24. The summed E-state index contributed by atoms with van der Waals surface area (Å²) in [6.45, 7) is 5.94. The Bertz CT molecular complexity index is 898. The summed E-state index contributed by atoms with van der Waals surface area (Å²) in [5.74, 6) is 0.613. The average molecular weight is 394 g/mol. The number of rotatable bonds is 5. The minimum Gasteiger partial charge on any atom is -0.348 e. The van der Waals surface area contributed by atoms with Gasteiger partial charge in [0.25, 0.3) is 0 Å². The van der Waals surface area contributed by atoms with E-state index in [4.69, 9.17) is 4.98 Å². The van der Waals surface area contributed by atoms with Gasteiger partial charge in [-0.15, -0.1) is 11.3 Å². The average Bonchev–Trinajstić information content (AvgIpc) is 3.18. The molecule has 1 aliphatic heterocycles. The predicted octanol–water partition coefficient (Wildman–Crippen LogP) is 4.74. The maximum absolute atomic E-state index is 12.7. The number of likely N-dealkylation sites (tertiary alicyclic amines) is 1. The lowest BCUT2D eigenvalue weighted by Crippen LogP contribution is -2.48. The van der Waals surface area contributed by atoms with Gasteiger partial charge in [-0.2, -0.15) is 0 Å². The van der Waals surface area contributed by atoms with E-state index < -0.39 is 0 Å². The number of hydrogen-bond donors (Lipinski definition) is 1. The second-order valence-electron chi connectivity index (χ2n) is 7.65. The molecule has 4 rings (SSSR count). The van der Waals surface area contributed by atoms with E-state index in [0.29, 0.717) is 5.92 Å². The third-order valence-corrected chi connectivity index (χ3v) is 6.97. The lowest BCUT2D eigenvalue weighted by Gasteiger charge is -2.35. The number of hydrogen-bond acceptors (Lipinski definition) is 4. The maximum Gasteiger partial charge on any atom is 0.237 e. The number of amides is 1. The zero-order chi connectivity index (χ0) is 19.5. The van der Waals surface area contributed by atoms with Crippen molar-refractivity contribution in [1.82, 2.24) is 15.2 Å². The molecule has 1 fully saturated rings. The molecule has 0 radical (unpaired) electrons. The van der Waals surface area contributed by atoms with Gasteiger partial charge in [-0.3, -0.25) is 9.69 Å². The van der Waals surface area contributed by atoms with Crippen LogP contribution in [0.25, 0.3) is 10.2 Å². The van der Waals surface area contributed by atoms with Gasteiger partial charge in [-0.05, 0) is 57.5 Å². The van der Waals surface area contributed by atoms with Gasteiger partial charge in [0, 0.05) is 5.92 Å². The lowest BCUT2D eigenvalue weighted by atomic mass is 9.96. The summed E-state index contributed by atoms with van der Waals surface area (Å²) >= 11 is 1.82. The van der Waals surface area contributed by atoms with Gasteiger partial charge in [-0.25, -0.2) is 4.98 Å². The zero-order valence-corrected chi connectivity index (χ0v) is 17.3. The first-order chi connectivity index (χ1) is 13.6. The second kappa shape index (κ2) is 8.41. The van der Waals surface area contributed by atoms with Crippen LogP contribution in [0.1, 0.15) is 49.2 Å². The normalized spacial score (nSPS) is 18.1. The summed E-state index contributed by atoms with van der Waals surface area (Å²) in [6, 6.07) is 18.4. The van der Waals surface area contributed by atoms with Gasteiger partial charge in [0.05, 0.1) is 27.3 Å². The first-order valence-corrected chi connectivity index (χ1v) is 10.9. The fourth-order valence-electron chi connectivity index (χ4n) is 3.92. The number of nitrogens with one attached hydrogen (secondary N) is 1. The standard InChI is InChI=1S/C23H27N3OS/c1-16(18-8-4-3-5-9-18)24-22(27)17(2)26-14-12-19(13-15-26)23-25-20-10-6-7-11-21(20)28-23/h3-11,16-17,19H,12-15H2,1-2H3,(H,24,27)/t16-,17-/m1/s1. The summed E-state index contributed by atoms with van der Waals surface area (Å²) in [6.07, 6.45) is 2.12. The Labute approximate surface area is 170 Å². The van der Waals surface area contributed by atoms with Gasteiger partial charge < -0.3 is 5.32 Å². The van der Waals surface area contributed by atoms with Crippen LogP contribution in [0.4, 0.5) is 0 Å². The molecule has 1 saturated heterocycles. The molecule has 2 atom stereocenters. The quantitative estimate of drug-likeness (QED) is 0.681. The predicted molar refractivity (Wildman–Crippen MR) is 116 cm³/mol. The molecule has 146 valence electrons. The second-order valence-corrected chi connectivity index (χ2v) is 8.71. The van der Waals surface area contributed by atoms with Crippen LogP contribution in [0.15, 0.2) is 54.6 Å². The van der Waals surface area contributed by atoms with E-state index in [0.717, 1.165) is 37.0 Å². The number of thiazole rings is 1. The summed E-state index contributed by atoms with van der Waals surface area (Å²) in [7, 11) is 0. The number of benzene rings is 2. The molecular weight excluding hydrogens is 366 g/mol. The molecule has 0 bridgehead atoms. The Morgan fingerprint density at radius 2 is 1.75 bits per heavy atom. The minimum atomic E-state index is -0.109. The highest BCUT2D eigenvalue weighted by Gasteiger charge is 2.29. The molecule has 0 unspecified atom stereocenters. The highest BCUT2D eigenvalue weighted by Crippen LogP contribution is 2.34. The minimum absolute atomic E-state index is 0.0245. The molecule has 2 heterocycles. The van der Waals surface area contributed by atoms with Crippen LogP contribution in [0.3, 0.4) is 0 Å². The monoisotopic (exact) mass is 393 g/mol. The van der Waals surface area contributed by atoms with E-state index >= 15 is 0 Å². The van der Waals surface area contributed by atoms with Crippen molar-refractivity contribution in [3.05, 3.63) is 65.2 Å². The summed E-state index contributed by atoms with van der Waals surface area (Å²) < 4.78 is 1.27. The molecule has 5 heteroatoms. The van der Waals surface area contributed by atoms with Crippen LogP contribution in [-0.2, 0) is 4.79 Å². The maximum atomic E-state index is 12.7. The smallest absolute Gasteiger partial charge is 0.237 e. The van der Waals surface area contributed by atoms with Crippen LogP contribution in [0, 0.1) is 0 Å². The third-order valence-electron chi connectivity index (χ3n) is 5.77. The number of aromatic nitrogens is 1. The number of carbonyl (C=O) groups is 1.